The summed E-state index contributed by atoms with van der Waals surface area (Å²) in [6.07, 6.45) is -0.189. The van der Waals surface area contributed by atoms with Gasteiger partial charge in [0, 0.05) is 38.2 Å². The van der Waals surface area contributed by atoms with Crippen molar-refractivity contribution in [3.05, 3.63) is 71.5 Å². The molecule has 0 spiro atoms. The fourth-order valence-electron chi connectivity index (χ4n) is 3.90. The monoisotopic (exact) mass is 499 g/mol. The van der Waals surface area contributed by atoms with Crippen LogP contribution in [0.4, 0.5) is 9.18 Å². The number of hydrogen-bond donors (Lipinski definition) is 1. The number of hydrogen-bond acceptors (Lipinski definition) is 6. The van der Waals surface area contributed by atoms with Gasteiger partial charge < -0.3 is 24.6 Å². The number of benzene rings is 2. The Labute approximate surface area is 209 Å². The second-order valence-corrected chi connectivity index (χ2v) is 8.36. The third-order valence-corrected chi connectivity index (χ3v) is 5.84. The van der Waals surface area contributed by atoms with E-state index >= 15 is 0 Å². The van der Waals surface area contributed by atoms with Gasteiger partial charge in [-0.25, -0.2) is 14.0 Å². The quantitative estimate of drug-likeness (QED) is 0.560. The molecule has 2 aromatic rings. The Morgan fingerprint density at radius 2 is 1.69 bits per heavy atom. The Hall–Kier alpha value is -3.95. The lowest BCUT2D eigenvalue weighted by atomic mass is 10.1. The normalized spacial score (nSPS) is 14.4. The van der Waals surface area contributed by atoms with Gasteiger partial charge >= 0.3 is 12.1 Å². The summed E-state index contributed by atoms with van der Waals surface area (Å²) >= 11 is 0. The summed E-state index contributed by atoms with van der Waals surface area (Å²) in [5, 5.41) is 2.46. The van der Waals surface area contributed by atoms with E-state index in [2.05, 4.69) is 5.32 Å². The van der Waals surface area contributed by atoms with Crippen LogP contribution in [0, 0.1) is 5.82 Å². The fourth-order valence-corrected chi connectivity index (χ4v) is 3.90. The van der Waals surface area contributed by atoms with Gasteiger partial charge in [-0.3, -0.25) is 9.59 Å². The molecule has 1 heterocycles. The summed E-state index contributed by atoms with van der Waals surface area (Å²) in [5.74, 6) is -1.65. The third kappa shape index (κ3) is 7.79. The van der Waals surface area contributed by atoms with Gasteiger partial charge in [-0.1, -0.05) is 36.4 Å². The summed E-state index contributed by atoms with van der Waals surface area (Å²) in [7, 11) is 1.20. The molecule has 0 radical (unpaired) electrons. The van der Waals surface area contributed by atoms with E-state index in [9.17, 15) is 23.6 Å². The molecule has 10 heteroatoms. The number of nitrogens with one attached hydrogen (secondary N) is 1. The van der Waals surface area contributed by atoms with Crippen LogP contribution in [0.1, 0.15) is 35.2 Å². The minimum Gasteiger partial charge on any atom is -0.467 e. The van der Waals surface area contributed by atoms with Crippen molar-refractivity contribution < 1.29 is 33.0 Å². The van der Waals surface area contributed by atoms with Crippen molar-refractivity contribution in [2.75, 3.05) is 33.3 Å². The molecule has 1 aliphatic rings. The number of carbonyl (C=O) groups is 4. The molecule has 1 atom stereocenters. The van der Waals surface area contributed by atoms with E-state index in [-0.39, 0.29) is 36.8 Å². The average Bonchev–Trinajstić information content (AvgIpc) is 3.16. The van der Waals surface area contributed by atoms with Crippen LogP contribution in [0.25, 0.3) is 0 Å². The first kappa shape index (κ1) is 26.7. The van der Waals surface area contributed by atoms with Crippen LogP contribution < -0.4 is 5.32 Å². The van der Waals surface area contributed by atoms with Crippen LogP contribution in [-0.2, 0) is 25.7 Å². The van der Waals surface area contributed by atoms with E-state index in [0.29, 0.717) is 32.6 Å². The summed E-state index contributed by atoms with van der Waals surface area (Å²) in [6.45, 7) is 1.55. The molecule has 36 heavy (non-hydrogen) atoms. The molecule has 1 fully saturated rings. The Bertz CT molecular complexity index is 1060. The molecule has 3 rings (SSSR count). The number of halogens is 1. The number of ether oxygens (including phenoxy) is 2. The highest BCUT2D eigenvalue weighted by atomic mass is 19.1. The van der Waals surface area contributed by atoms with E-state index in [4.69, 9.17) is 9.47 Å². The maximum Gasteiger partial charge on any atom is 0.408 e. The lowest BCUT2D eigenvalue weighted by Gasteiger charge is -2.23. The zero-order valence-electron chi connectivity index (χ0n) is 20.2. The van der Waals surface area contributed by atoms with Crippen molar-refractivity contribution in [3.63, 3.8) is 0 Å². The Kier molecular flexibility index (Phi) is 9.79. The number of carbonyl (C=O) groups excluding carboxylic acids is 4. The van der Waals surface area contributed by atoms with E-state index in [1.807, 2.05) is 18.2 Å². The molecule has 0 bridgehead atoms. The van der Waals surface area contributed by atoms with Crippen LogP contribution in [0.2, 0.25) is 0 Å². The number of alkyl carbamates (subject to hydrolysis) is 1. The molecule has 0 saturated carbocycles. The average molecular weight is 500 g/mol. The number of amides is 3. The highest BCUT2D eigenvalue weighted by molar-refractivity contribution is 5.94. The summed E-state index contributed by atoms with van der Waals surface area (Å²) in [6, 6.07) is 13.6. The van der Waals surface area contributed by atoms with Gasteiger partial charge in [0.25, 0.3) is 5.91 Å². The summed E-state index contributed by atoms with van der Waals surface area (Å²) in [5.41, 5.74) is 1.06. The van der Waals surface area contributed by atoms with E-state index in [1.165, 1.54) is 25.3 Å². The largest absolute Gasteiger partial charge is 0.467 e. The van der Waals surface area contributed by atoms with Crippen LogP contribution in [0.3, 0.4) is 0 Å². The van der Waals surface area contributed by atoms with Gasteiger partial charge in [0.2, 0.25) is 5.91 Å². The molecule has 192 valence electrons. The molecule has 3 amide bonds. The van der Waals surface area contributed by atoms with Gasteiger partial charge in [-0.15, -0.1) is 0 Å². The molecular formula is C26H30FN3O6. The van der Waals surface area contributed by atoms with Crippen LogP contribution >= 0.6 is 0 Å². The highest BCUT2D eigenvalue weighted by Gasteiger charge is 2.26. The van der Waals surface area contributed by atoms with Gasteiger partial charge in [0.05, 0.1) is 7.11 Å². The van der Waals surface area contributed by atoms with Crippen molar-refractivity contribution in [1.29, 1.82) is 0 Å². The predicted molar refractivity (Wildman–Crippen MR) is 128 cm³/mol. The zero-order valence-corrected chi connectivity index (χ0v) is 20.2. The van der Waals surface area contributed by atoms with Gasteiger partial charge in [-0.05, 0) is 36.6 Å². The number of rotatable bonds is 8. The van der Waals surface area contributed by atoms with Crippen molar-refractivity contribution >= 4 is 23.9 Å². The Morgan fingerprint density at radius 3 is 2.42 bits per heavy atom. The molecule has 0 aliphatic carbocycles. The van der Waals surface area contributed by atoms with Crippen LogP contribution in [0.5, 0.6) is 0 Å². The molecule has 0 aromatic heterocycles. The van der Waals surface area contributed by atoms with Gasteiger partial charge in [0.1, 0.15) is 18.5 Å². The van der Waals surface area contributed by atoms with Crippen molar-refractivity contribution in [2.24, 2.45) is 0 Å². The predicted octanol–water partition coefficient (Wildman–Crippen LogP) is 2.75. The minimum absolute atomic E-state index is 0.00340. The van der Waals surface area contributed by atoms with Crippen LogP contribution in [0.15, 0.2) is 54.6 Å². The van der Waals surface area contributed by atoms with Crippen molar-refractivity contribution in [2.45, 2.75) is 31.9 Å². The second kappa shape index (κ2) is 13.2. The van der Waals surface area contributed by atoms with E-state index < -0.39 is 23.9 Å². The number of esters is 1. The lowest BCUT2D eigenvalue weighted by Crippen LogP contribution is -2.43. The summed E-state index contributed by atoms with van der Waals surface area (Å²) < 4.78 is 23.4. The first-order valence-corrected chi connectivity index (χ1v) is 11.7. The maximum atomic E-state index is 13.5. The van der Waals surface area contributed by atoms with E-state index in [0.717, 1.165) is 5.56 Å². The molecule has 2 aromatic carbocycles. The standard InChI is InChI=1S/C26H30FN3O6/c1-35-25(33)22(28-26(34)36-18-19-7-3-2-4-8-19)11-12-23(31)29-13-6-14-30(16-15-29)24(32)20-9-5-10-21(27)17-20/h2-5,7-10,17,22H,6,11-16,18H2,1H3,(H,28,34)/t22-/m0/s1. The second-order valence-electron chi connectivity index (χ2n) is 8.36. The smallest absolute Gasteiger partial charge is 0.408 e. The topological polar surface area (TPSA) is 105 Å². The molecule has 0 unspecified atom stereocenters. The summed E-state index contributed by atoms with van der Waals surface area (Å²) in [4.78, 5) is 53.1. The third-order valence-electron chi connectivity index (χ3n) is 5.84. The fraction of sp³-hybridized carbons (Fsp3) is 0.385. The van der Waals surface area contributed by atoms with Gasteiger partial charge in [-0.2, -0.15) is 0 Å². The molecular weight excluding hydrogens is 469 g/mol. The van der Waals surface area contributed by atoms with Gasteiger partial charge in [0.15, 0.2) is 0 Å². The SMILES string of the molecule is COC(=O)[C@H](CCC(=O)N1CCCN(C(=O)c2cccc(F)c2)CC1)NC(=O)OCc1ccccc1. The Balaban J connectivity index is 1.49. The molecule has 1 saturated heterocycles. The zero-order chi connectivity index (χ0) is 25.9. The number of nitrogens with zero attached hydrogens (tertiary/aromatic N) is 2. The minimum atomic E-state index is -1.04. The number of methoxy groups -OCH3 is 1. The molecule has 1 aliphatic heterocycles. The first-order valence-electron chi connectivity index (χ1n) is 11.7. The van der Waals surface area contributed by atoms with Crippen molar-refractivity contribution in [1.82, 2.24) is 15.1 Å². The first-order chi connectivity index (χ1) is 17.4. The maximum absolute atomic E-state index is 13.5. The van der Waals surface area contributed by atoms with Crippen molar-refractivity contribution in [3.8, 4) is 0 Å². The van der Waals surface area contributed by atoms with E-state index in [1.54, 1.807) is 28.0 Å². The molecule has 9 nitrogen and oxygen atoms in total. The highest BCUT2D eigenvalue weighted by Crippen LogP contribution is 2.13. The lowest BCUT2D eigenvalue weighted by molar-refractivity contribution is -0.143. The Morgan fingerprint density at radius 1 is 0.972 bits per heavy atom. The molecule has 1 N–H and O–H groups in total. The van der Waals surface area contributed by atoms with Crippen LogP contribution in [-0.4, -0.2) is 73.0 Å².